The average Bonchev–Trinajstić information content (AvgIpc) is 2.96. The van der Waals surface area contributed by atoms with Gasteiger partial charge in [-0.3, -0.25) is 4.79 Å². The van der Waals surface area contributed by atoms with Gasteiger partial charge in [0, 0.05) is 4.90 Å². The van der Waals surface area contributed by atoms with Crippen molar-refractivity contribution >= 4 is 35.0 Å². The standard InChI is InChI=1S/C18H15ClN4OS/c1-2-16(24)20-14-10-6-7-11-15(14)25-18-21-17(19)22-23(18)12-13-8-4-3-5-9-13/h2-11H,1,12H2,(H,20,24). The number of para-hydroxylation sites is 1. The summed E-state index contributed by atoms with van der Waals surface area (Å²) >= 11 is 7.39. The summed E-state index contributed by atoms with van der Waals surface area (Å²) < 4.78 is 1.74. The molecule has 1 heterocycles. The fourth-order valence-electron chi connectivity index (χ4n) is 2.18. The van der Waals surface area contributed by atoms with Crippen molar-refractivity contribution in [3.63, 3.8) is 0 Å². The van der Waals surface area contributed by atoms with Gasteiger partial charge in [-0.05, 0) is 47.1 Å². The Balaban J connectivity index is 1.86. The van der Waals surface area contributed by atoms with Gasteiger partial charge in [0.05, 0.1) is 12.2 Å². The molecular formula is C18H15ClN4OS. The van der Waals surface area contributed by atoms with Crippen molar-refractivity contribution < 1.29 is 4.79 Å². The van der Waals surface area contributed by atoms with E-state index in [1.807, 2.05) is 54.6 Å². The number of anilines is 1. The number of amides is 1. The second kappa shape index (κ2) is 8.00. The molecule has 1 N–H and O–H groups in total. The first-order valence-electron chi connectivity index (χ1n) is 7.50. The fourth-order valence-corrected chi connectivity index (χ4v) is 3.31. The molecule has 1 amide bonds. The first kappa shape index (κ1) is 17.3. The Morgan fingerprint density at radius 1 is 1.20 bits per heavy atom. The highest BCUT2D eigenvalue weighted by Gasteiger charge is 2.13. The number of carbonyl (C=O) groups is 1. The molecule has 0 radical (unpaired) electrons. The summed E-state index contributed by atoms with van der Waals surface area (Å²) in [7, 11) is 0. The second-order valence-corrected chi connectivity index (χ2v) is 6.45. The van der Waals surface area contributed by atoms with Crippen LogP contribution in [0.3, 0.4) is 0 Å². The largest absolute Gasteiger partial charge is 0.321 e. The van der Waals surface area contributed by atoms with Crippen molar-refractivity contribution in [2.75, 3.05) is 5.32 Å². The van der Waals surface area contributed by atoms with E-state index < -0.39 is 0 Å². The van der Waals surface area contributed by atoms with E-state index in [0.29, 0.717) is 17.4 Å². The third kappa shape index (κ3) is 4.49. The number of hydrogen-bond donors (Lipinski definition) is 1. The van der Waals surface area contributed by atoms with Crippen LogP contribution in [-0.4, -0.2) is 20.7 Å². The average molecular weight is 371 g/mol. The molecule has 0 saturated carbocycles. The zero-order valence-electron chi connectivity index (χ0n) is 13.2. The van der Waals surface area contributed by atoms with E-state index in [2.05, 4.69) is 22.0 Å². The maximum atomic E-state index is 11.6. The summed E-state index contributed by atoms with van der Waals surface area (Å²) in [6.45, 7) is 4.03. The Hall–Kier alpha value is -2.57. The van der Waals surface area contributed by atoms with Gasteiger partial charge in [-0.1, -0.05) is 49.0 Å². The van der Waals surface area contributed by atoms with Gasteiger partial charge in [-0.15, -0.1) is 5.10 Å². The van der Waals surface area contributed by atoms with Crippen molar-refractivity contribution in [1.82, 2.24) is 14.8 Å². The van der Waals surface area contributed by atoms with Crippen LogP contribution < -0.4 is 5.32 Å². The molecule has 2 aromatic carbocycles. The van der Waals surface area contributed by atoms with E-state index >= 15 is 0 Å². The number of benzene rings is 2. The molecule has 7 heteroatoms. The molecule has 0 saturated heterocycles. The third-order valence-corrected chi connectivity index (χ3v) is 4.54. The fraction of sp³-hybridized carbons (Fsp3) is 0.0556. The molecule has 5 nitrogen and oxygen atoms in total. The van der Waals surface area contributed by atoms with Gasteiger partial charge >= 0.3 is 0 Å². The van der Waals surface area contributed by atoms with E-state index in [-0.39, 0.29) is 11.2 Å². The number of halogens is 1. The van der Waals surface area contributed by atoms with Gasteiger partial charge in [0.15, 0.2) is 5.16 Å². The van der Waals surface area contributed by atoms with E-state index in [9.17, 15) is 4.79 Å². The Morgan fingerprint density at radius 2 is 1.92 bits per heavy atom. The normalized spacial score (nSPS) is 10.4. The molecular weight excluding hydrogens is 356 g/mol. The lowest BCUT2D eigenvalue weighted by molar-refractivity contribution is -0.111. The van der Waals surface area contributed by atoms with Crippen LogP contribution in [0.15, 0.2) is 77.3 Å². The predicted octanol–water partition coefficient (Wildman–Crippen LogP) is 4.26. The van der Waals surface area contributed by atoms with Crippen molar-refractivity contribution in [3.8, 4) is 0 Å². The van der Waals surface area contributed by atoms with Gasteiger partial charge < -0.3 is 5.32 Å². The minimum Gasteiger partial charge on any atom is -0.321 e. The lowest BCUT2D eigenvalue weighted by Gasteiger charge is -2.10. The van der Waals surface area contributed by atoms with E-state index in [1.54, 1.807) is 4.68 Å². The first-order chi connectivity index (χ1) is 12.2. The summed E-state index contributed by atoms with van der Waals surface area (Å²) in [5, 5.41) is 7.88. The number of carbonyl (C=O) groups excluding carboxylic acids is 1. The molecule has 25 heavy (non-hydrogen) atoms. The van der Waals surface area contributed by atoms with Crippen molar-refractivity contribution in [2.45, 2.75) is 16.6 Å². The maximum Gasteiger partial charge on any atom is 0.247 e. The summed E-state index contributed by atoms with van der Waals surface area (Å²) in [6.07, 6.45) is 1.23. The Labute approximate surface area is 154 Å². The molecule has 0 aliphatic carbocycles. The minimum atomic E-state index is -0.267. The lowest BCUT2D eigenvalue weighted by Crippen LogP contribution is -2.08. The Morgan fingerprint density at radius 3 is 2.68 bits per heavy atom. The quantitative estimate of drug-likeness (QED) is 0.659. The van der Waals surface area contributed by atoms with E-state index in [0.717, 1.165) is 10.5 Å². The van der Waals surface area contributed by atoms with Gasteiger partial charge in [-0.25, -0.2) is 4.68 Å². The maximum absolute atomic E-state index is 11.6. The number of rotatable bonds is 6. The SMILES string of the molecule is C=CC(=O)Nc1ccccc1Sc1nc(Cl)nn1Cc1ccccc1. The summed E-state index contributed by atoms with van der Waals surface area (Å²) in [5.41, 5.74) is 1.78. The summed E-state index contributed by atoms with van der Waals surface area (Å²) in [5.74, 6) is -0.267. The van der Waals surface area contributed by atoms with Crippen LogP contribution in [0, 0.1) is 0 Å². The molecule has 0 aliphatic rings. The van der Waals surface area contributed by atoms with Gasteiger partial charge in [0.25, 0.3) is 0 Å². The van der Waals surface area contributed by atoms with Crippen molar-refractivity contribution in [1.29, 1.82) is 0 Å². The predicted molar refractivity (Wildman–Crippen MR) is 100.0 cm³/mol. The minimum absolute atomic E-state index is 0.186. The highest BCUT2D eigenvalue weighted by atomic mass is 35.5. The topological polar surface area (TPSA) is 59.8 Å². The van der Waals surface area contributed by atoms with Crippen LogP contribution in [0.1, 0.15) is 5.56 Å². The molecule has 0 spiro atoms. The molecule has 0 bridgehead atoms. The number of nitrogens with zero attached hydrogens (tertiary/aromatic N) is 3. The highest BCUT2D eigenvalue weighted by molar-refractivity contribution is 7.99. The Kier molecular flexibility index (Phi) is 5.53. The van der Waals surface area contributed by atoms with Crippen LogP contribution in [0.2, 0.25) is 5.28 Å². The molecule has 0 unspecified atom stereocenters. The molecule has 126 valence electrons. The Bertz CT molecular complexity index is 895. The first-order valence-corrected chi connectivity index (χ1v) is 8.69. The molecule has 3 rings (SSSR count). The van der Waals surface area contributed by atoms with Crippen LogP contribution in [-0.2, 0) is 11.3 Å². The lowest BCUT2D eigenvalue weighted by atomic mass is 10.2. The second-order valence-electron chi connectivity index (χ2n) is 5.10. The zero-order valence-corrected chi connectivity index (χ0v) is 14.8. The highest BCUT2D eigenvalue weighted by Crippen LogP contribution is 2.33. The van der Waals surface area contributed by atoms with Crippen LogP contribution >= 0.6 is 23.4 Å². The van der Waals surface area contributed by atoms with Crippen LogP contribution in [0.4, 0.5) is 5.69 Å². The van der Waals surface area contributed by atoms with Gasteiger partial charge in [-0.2, -0.15) is 4.98 Å². The number of aromatic nitrogens is 3. The number of hydrogen-bond acceptors (Lipinski definition) is 4. The monoisotopic (exact) mass is 370 g/mol. The third-order valence-electron chi connectivity index (χ3n) is 3.32. The molecule has 0 aliphatic heterocycles. The van der Waals surface area contributed by atoms with E-state index in [1.165, 1.54) is 17.8 Å². The number of nitrogens with one attached hydrogen (secondary N) is 1. The summed E-state index contributed by atoms with van der Waals surface area (Å²) in [4.78, 5) is 16.7. The summed E-state index contributed by atoms with van der Waals surface area (Å²) in [6, 6.07) is 17.4. The molecule has 3 aromatic rings. The molecule has 0 atom stereocenters. The zero-order chi connectivity index (χ0) is 17.6. The van der Waals surface area contributed by atoms with Crippen molar-refractivity contribution in [3.05, 3.63) is 78.1 Å². The molecule has 0 fully saturated rings. The van der Waals surface area contributed by atoms with E-state index in [4.69, 9.17) is 11.6 Å². The van der Waals surface area contributed by atoms with Gasteiger partial charge in [0.1, 0.15) is 0 Å². The van der Waals surface area contributed by atoms with Crippen molar-refractivity contribution in [2.24, 2.45) is 0 Å². The van der Waals surface area contributed by atoms with Crippen LogP contribution in [0.5, 0.6) is 0 Å². The molecule has 1 aromatic heterocycles. The van der Waals surface area contributed by atoms with Crippen LogP contribution in [0.25, 0.3) is 0 Å². The smallest absolute Gasteiger partial charge is 0.247 e. The van der Waals surface area contributed by atoms with Gasteiger partial charge in [0.2, 0.25) is 11.2 Å².